The van der Waals surface area contributed by atoms with Crippen LogP contribution in [0.25, 0.3) is 11.0 Å². The molecule has 2 unspecified atom stereocenters. The van der Waals surface area contributed by atoms with Crippen molar-refractivity contribution in [1.29, 1.82) is 0 Å². The van der Waals surface area contributed by atoms with Gasteiger partial charge in [0.05, 0.1) is 35.8 Å². The largest absolute Gasteiger partial charge is 0.478 e. The summed E-state index contributed by atoms with van der Waals surface area (Å²) < 4.78 is 27.8. The second-order valence-corrected chi connectivity index (χ2v) is 11.8. The maximum atomic E-state index is 14.1. The van der Waals surface area contributed by atoms with Crippen LogP contribution in [0, 0.1) is 17.7 Å². The van der Waals surface area contributed by atoms with E-state index in [1.807, 2.05) is 12.1 Å². The van der Waals surface area contributed by atoms with E-state index >= 15 is 0 Å². The Morgan fingerprint density at radius 3 is 2.60 bits per heavy atom. The average molecular weight is 592 g/mol. The summed E-state index contributed by atoms with van der Waals surface area (Å²) in [6, 6.07) is 15.4. The van der Waals surface area contributed by atoms with Crippen molar-refractivity contribution >= 4 is 34.4 Å². The number of aromatic carboxylic acids is 1. The second-order valence-electron chi connectivity index (χ2n) is 11.4. The van der Waals surface area contributed by atoms with Crippen LogP contribution >= 0.6 is 11.6 Å². The van der Waals surface area contributed by atoms with Gasteiger partial charge in [-0.15, -0.1) is 0 Å². The van der Waals surface area contributed by atoms with E-state index in [2.05, 4.69) is 14.4 Å². The number of halogens is 2. The molecular weight excluding hydrogens is 561 g/mol. The van der Waals surface area contributed by atoms with E-state index in [4.69, 9.17) is 31.0 Å². The predicted molar refractivity (Wildman–Crippen MR) is 155 cm³/mol. The number of fused-ring (bicyclic) bond motifs is 2. The molecule has 3 saturated heterocycles. The number of carbonyl (C=O) groups is 1. The summed E-state index contributed by atoms with van der Waals surface area (Å²) in [6.07, 6.45) is 1.14. The van der Waals surface area contributed by atoms with E-state index in [1.165, 1.54) is 6.07 Å². The number of hydrogen-bond donors (Lipinski definition) is 1. The highest BCUT2D eigenvalue weighted by atomic mass is 35.5. The molecule has 3 fully saturated rings. The van der Waals surface area contributed by atoms with Crippen LogP contribution in [0.4, 0.5) is 10.2 Å². The molecule has 2 aromatic carbocycles. The third-order valence-electron chi connectivity index (χ3n) is 8.60. The first-order valence-corrected chi connectivity index (χ1v) is 14.6. The highest BCUT2D eigenvalue weighted by Crippen LogP contribution is 2.35. The first-order valence-electron chi connectivity index (χ1n) is 14.2. The van der Waals surface area contributed by atoms with Crippen LogP contribution in [-0.4, -0.2) is 69.4 Å². The lowest BCUT2D eigenvalue weighted by Crippen LogP contribution is -2.33. The van der Waals surface area contributed by atoms with Crippen LogP contribution in [0.15, 0.2) is 54.6 Å². The summed E-state index contributed by atoms with van der Waals surface area (Å²) in [5.41, 5.74) is 2.35. The number of pyridine rings is 1. The summed E-state index contributed by atoms with van der Waals surface area (Å²) in [6.45, 7) is 5.94. The molecule has 42 heavy (non-hydrogen) atoms. The SMILES string of the molecule is O=C(O)c1ccc2nc(CN3CC4CN(c5cccc(OCc6ccc(Cl)cc6F)n5)CC4C3)n(C[C@@H]3CCO3)c2c1. The number of ether oxygens (including phenoxy) is 2. The summed E-state index contributed by atoms with van der Waals surface area (Å²) in [5.74, 6) is 1.94. The van der Waals surface area contributed by atoms with Gasteiger partial charge in [0.25, 0.3) is 0 Å². The van der Waals surface area contributed by atoms with Crippen molar-refractivity contribution in [3.8, 4) is 5.88 Å². The normalized spacial score (nSPS) is 22.0. The molecule has 9 nitrogen and oxygen atoms in total. The molecule has 218 valence electrons. The molecule has 2 aromatic heterocycles. The fraction of sp³-hybridized carbons (Fsp3) is 0.387. The standard InChI is InChI=1S/C31H31ClFN5O4/c32-23-6-4-20(25(33)11-23)18-42-30-3-1-2-28(35-30)37-14-21-12-36(13-22(21)15-37)17-29-34-26-7-5-19(31(39)40)10-27(26)38(29)16-24-8-9-41-24/h1-7,10-11,21-22,24H,8-9,12-18H2,(H,39,40)/t21?,22?,24-/m0/s1. The van der Waals surface area contributed by atoms with E-state index in [1.54, 1.807) is 36.4 Å². The fourth-order valence-corrected chi connectivity index (χ4v) is 6.48. The minimum atomic E-state index is -0.940. The van der Waals surface area contributed by atoms with Crippen LogP contribution < -0.4 is 9.64 Å². The van der Waals surface area contributed by atoms with Crippen molar-refractivity contribution in [3.63, 3.8) is 0 Å². The Morgan fingerprint density at radius 2 is 1.88 bits per heavy atom. The summed E-state index contributed by atoms with van der Waals surface area (Å²) in [4.78, 5) is 26.0. The zero-order valence-corrected chi connectivity index (χ0v) is 23.7. The zero-order valence-electron chi connectivity index (χ0n) is 23.0. The van der Waals surface area contributed by atoms with Crippen molar-refractivity contribution in [2.45, 2.75) is 32.2 Å². The fourth-order valence-electron chi connectivity index (χ4n) is 6.32. The van der Waals surface area contributed by atoms with Gasteiger partial charge in [0, 0.05) is 49.4 Å². The van der Waals surface area contributed by atoms with Gasteiger partial charge in [0.1, 0.15) is 24.1 Å². The lowest BCUT2D eigenvalue weighted by Gasteiger charge is -2.28. The molecule has 0 aliphatic carbocycles. The molecule has 4 aromatic rings. The molecule has 3 aliphatic heterocycles. The first kappa shape index (κ1) is 27.1. The molecule has 0 amide bonds. The highest BCUT2D eigenvalue weighted by Gasteiger charge is 2.41. The number of carboxylic acid groups (broad SMARTS) is 1. The van der Waals surface area contributed by atoms with Gasteiger partial charge in [-0.25, -0.2) is 14.2 Å². The van der Waals surface area contributed by atoms with Crippen molar-refractivity contribution in [3.05, 3.63) is 82.4 Å². The molecular formula is C31H31ClFN5O4. The molecule has 3 aliphatic rings. The Labute approximate surface area is 247 Å². The van der Waals surface area contributed by atoms with Gasteiger partial charge in [-0.3, -0.25) is 4.90 Å². The lowest BCUT2D eigenvalue weighted by atomic mass is 10.0. The van der Waals surface area contributed by atoms with Crippen LogP contribution in [0.2, 0.25) is 5.02 Å². The number of likely N-dealkylation sites (tertiary alicyclic amines) is 1. The second kappa shape index (κ2) is 11.2. The van der Waals surface area contributed by atoms with Crippen LogP contribution in [0.1, 0.15) is 28.2 Å². The number of hydrogen-bond acceptors (Lipinski definition) is 7. The number of rotatable bonds is 9. The van der Waals surface area contributed by atoms with Gasteiger partial charge in [0.15, 0.2) is 0 Å². The predicted octanol–water partition coefficient (Wildman–Crippen LogP) is 4.86. The van der Waals surface area contributed by atoms with Crippen molar-refractivity contribution < 1.29 is 23.8 Å². The maximum Gasteiger partial charge on any atom is 0.335 e. The van der Waals surface area contributed by atoms with E-state index in [-0.39, 0.29) is 18.3 Å². The van der Waals surface area contributed by atoms with Gasteiger partial charge >= 0.3 is 5.97 Å². The summed E-state index contributed by atoms with van der Waals surface area (Å²) >= 11 is 5.85. The maximum absolute atomic E-state index is 14.1. The number of aromatic nitrogens is 3. The molecule has 0 saturated carbocycles. The number of imidazole rings is 1. The van der Waals surface area contributed by atoms with E-state index in [9.17, 15) is 14.3 Å². The molecule has 1 N–H and O–H groups in total. The van der Waals surface area contributed by atoms with Crippen LogP contribution in [0.5, 0.6) is 5.88 Å². The third-order valence-corrected chi connectivity index (χ3v) is 8.84. The number of carboxylic acids is 1. The summed E-state index contributed by atoms with van der Waals surface area (Å²) in [5, 5.41) is 9.87. The third kappa shape index (κ3) is 5.42. The molecule has 0 spiro atoms. The lowest BCUT2D eigenvalue weighted by molar-refractivity contribution is -0.0591. The first-order chi connectivity index (χ1) is 20.4. The van der Waals surface area contributed by atoms with Crippen molar-refractivity contribution in [1.82, 2.24) is 19.4 Å². The molecule has 7 rings (SSSR count). The Balaban J connectivity index is 1.00. The quantitative estimate of drug-likeness (QED) is 0.295. The van der Waals surface area contributed by atoms with Crippen LogP contribution in [-0.2, 0) is 24.4 Å². The molecule has 11 heteroatoms. The zero-order chi connectivity index (χ0) is 28.8. The minimum absolute atomic E-state index is 0.0783. The van der Waals surface area contributed by atoms with Crippen molar-refractivity contribution in [2.24, 2.45) is 11.8 Å². The Kier molecular flexibility index (Phi) is 7.21. The molecule has 0 bridgehead atoms. The smallest absolute Gasteiger partial charge is 0.335 e. The minimum Gasteiger partial charge on any atom is -0.478 e. The van der Waals surface area contributed by atoms with Gasteiger partial charge in [-0.2, -0.15) is 4.98 Å². The number of benzene rings is 2. The molecule has 5 heterocycles. The van der Waals surface area contributed by atoms with Gasteiger partial charge in [0.2, 0.25) is 5.88 Å². The molecule has 3 atom stereocenters. The highest BCUT2D eigenvalue weighted by molar-refractivity contribution is 6.30. The average Bonchev–Trinajstić information content (AvgIpc) is 3.61. The summed E-state index contributed by atoms with van der Waals surface area (Å²) in [7, 11) is 0. The van der Waals surface area contributed by atoms with E-state index < -0.39 is 11.8 Å². The monoisotopic (exact) mass is 591 g/mol. The topological polar surface area (TPSA) is 93.0 Å². The Bertz CT molecular complexity index is 1630. The van der Waals surface area contributed by atoms with E-state index in [0.717, 1.165) is 61.9 Å². The van der Waals surface area contributed by atoms with Crippen LogP contribution in [0.3, 0.4) is 0 Å². The Morgan fingerprint density at radius 1 is 1.07 bits per heavy atom. The van der Waals surface area contributed by atoms with Gasteiger partial charge in [-0.05, 0) is 54.7 Å². The van der Waals surface area contributed by atoms with Crippen molar-refractivity contribution in [2.75, 3.05) is 37.7 Å². The van der Waals surface area contributed by atoms with Gasteiger partial charge in [-0.1, -0.05) is 23.7 Å². The molecule has 0 radical (unpaired) electrons. The number of nitrogens with zero attached hydrogens (tertiary/aromatic N) is 5. The van der Waals surface area contributed by atoms with E-state index in [0.29, 0.717) is 41.4 Å². The van der Waals surface area contributed by atoms with Gasteiger partial charge < -0.3 is 24.0 Å². The number of anilines is 1. The Hall–Kier alpha value is -3.73.